The summed E-state index contributed by atoms with van der Waals surface area (Å²) in [5, 5.41) is 4.38. The number of nitroso groups, excluding NO2 is 1. The zero-order chi connectivity index (χ0) is 16.6. The van der Waals surface area contributed by atoms with Crippen LogP contribution in [0, 0.1) is 4.91 Å². The summed E-state index contributed by atoms with van der Waals surface area (Å²) >= 11 is 19.6. The monoisotopic (exact) mass is 387 g/mol. The van der Waals surface area contributed by atoms with Gasteiger partial charge in [0.25, 0.3) is 0 Å². The molecule has 0 bridgehead atoms. The highest BCUT2D eigenvalue weighted by Crippen LogP contribution is 2.39. The molecule has 0 radical (unpaired) electrons. The van der Waals surface area contributed by atoms with Gasteiger partial charge >= 0.3 is 0 Å². The van der Waals surface area contributed by atoms with Crippen molar-refractivity contribution in [1.29, 1.82) is 0 Å². The van der Waals surface area contributed by atoms with E-state index in [1.54, 1.807) is 36.6 Å². The Morgan fingerprint density at radius 2 is 1.96 bits per heavy atom. The predicted molar refractivity (Wildman–Crippen MR) is 94.3 cm³/mol. The fourth-order valence-corrected chi connectivity index (χ4v) is 3.04. The molecule has 0 N–H and O–H groups in total. The summed E-state index contributed by atoms with van der Waals surface area (Å²) in [6.07, 6.45) is 1.80. The maximum atomic E-state index is 11.0. The zero-order valence-corrected chi connectivity index (χ0v) is 14.7. The number of fused-ring (bicyclic) bond motifs is 1. The summed E-state index contributed by atoms with van der Waals surface area (Å²) in [6, 6.07) is 8.24. The minimum absolute atomic E-state index is 0.287. The Hall–Kier alpha value is -1.47. The van der Waals surface area contributed by atoms with Crippen molar-refractivity contribution >= 4 is 57.6 Å². The third-order valence-corrected chi connectivity index (χ3v) is 4.78. The van der Waals surface area contributed by atoms with Gasteiger partial charge in [-0.05, 0) is 24.5 Å². The molecule has 0 aliphatic rings. The van der Waals surface area contributed by atoms with E-state index in [0.29, 0.717) is 37.7 Å². The molecule has 0 unspecified atom stereocenters. The van der Waals surface area contributed by atoms with Gasteiger partial charge in [0.15, 0.2) is 5.16 Å². The van der Waals surface area contributed by atoms with Gasteiger partial charge in [-0.15, -0.1) is 4.91 Å². The molecule has 0 atom stereocenters. The molecule has 3 aromatic rings. The van der Waals surface area contributed by atoms with E-state index in [2.05, 4.69) is 10.3 Å². The summed E-state index contributed by atoms with van der Waals surface area (Å²) in [6.45, 7) is 0. The predicted octanol–water partition coefficient (Wildman–Crippen LogP) is 6.04. The normalized spacial score (nSPS) is 11.0. The van der Waals surface area contributed by atoms with E-state index in [4.69, 9.17) is 39.5 Å². The largest absolute Gasteiger partial charge is 0.454 e. The molecule has 9 heteroatoms. The molecular formula is C14H8Cl3N3O2S. The molecule has 5 nitrogen and oxygen atoms in total. The second-order valence-electron chi connectivity index (χ2n) is 4.42. The number of nitrogens with zero attached hydrogens (tertiary/aromatic N) is 3. The number of rotatable bonds is 4. The standard InChI is InChI=1S/C14H8Cl3N3O2S/c1-23-14-18-9-6-12(8(16)5-10(9)20(14)19-21)22-11-4-2-3-7(15)13(11)17/h2-6H,1H3. The minimum Gasteiger partial charge on any atom is -0.454 e. The number of ether oxygens (including phenoxy) is 1. The van der Waals surface area contributed by atoms with E-state index < -0.39 is 0 Å². The lowest BCUT2D eigenvalue weighted by Gasteiger charge is -2.10. The van der Waals surface area contributed by atoms with Gasteiger partial charge in [-0.3, -0.25) is 0 Å². The quantitative estimate of drug-likeness (QED) is 0.404. The maximum Gasteiger partial charge on any atom is 0.192 e. The van der Waals surface area contributed by atoms with Crippen molar-refractivity contribution in [2.75, 3.05) is 6.26 Å². The van der Waals surface area contributed by atoms with E-state index in [9.17, 15) is 4.91 Å². The molecule has 0 saturated heterocycles. The molecule has 0 fully saturated rings. The SMILES string of the molecule is CSc1nc2cc(Oc3cccc(Cl)c3Cl)c(Cl)cc2n1N=O. The van der Waals surface area contributed by atoms with Crippen molar-refractivity contribution in [2.45, 2.75) is 5.16 Å². The van der Waals surface area contributed by atoms with Gasteiger partial charge in [-0.25, -0.2) is 4.98 Å². The van der Waals surface area contributed by atoms with Gasteiger partial charge in [0.2, 0.25) is 0 Å². The van der Waals surface area contributed by atoms with Crippen molar-refractivity contribution in [3.63, 3.8) is 0 Å². The molecule has 2 aromatic carbocycles. The highest BCUT2D eigenvalue weighted by Gasteiger charge is 2.16. The lowest BCUT2D eigenvalue weighted by molar-refractivity contribution is 0.484. The Balaban J connectivity index is 2.10. The first-order chi connectivity index (χ1) is 11.0. The number of hydrogen-bond acceptors (Lipinski definition) is 5. The van der Waals surface area contributed by atoms with Gasteiger partial charge in [0.1, 0.15) is 16.5 Å². The van der Waals surface area contributed by atoms with E-state index in [0.717, 1.165) is 0 Å². The number of imidazole rings is 1. The molecule has 1 heterocycles. The molecule has 0 aliphatic carbocycles. The van der Waals surface area contributed by atoms with Crippen LogP contribution >= 0.6 is 46.6 Å². The number of thioether (sulfide) groups is 1. The smallest absolute Gasteiger partial charge is 0.192 e. The second-order valence-corrected chi connectivity index (χ2v) is 6.38. The van der Waals surface area contributed by atoms with E-state index in [1.807, 2.05) is 0 Å². The third-order valence-electron chi connectivity index (χ3n) is 3.05. The lowest BCUT2D eigenvalue weighted by atomic mass is 10.3. The average Bonchev–Trinajstić information content (AvgIpc) is 2.88. The van der Waals surface area contributed by atoms with Gasteiger partial charge in [-0.1, -0.05) is 52.6 Å². The molecule has 118 valence electrons. The first-order valence-corrected chi connectivity index (χ1v) is 8.62. The molecule has 1 aromatic heterocycles. The first kappa shape index (κ1) is 16.4. The van der Waals surface area contributed by atoms with Gasteiger partial charge in [-0.2, -0.15) is 4.68 Å². The lowest BCUT2D eigenvalue weighted by Crippen LogP contribution is -1.90. The third kappa shape index (κ3) is 2.99. The molecule has 0 spiro atoms. The fraction of sp³-hybridized carbons (Fsp3) is 0.0714. The van der Waals surface area contributed by atoms with Crippen LogP contribution in [-0.2, 0) is 0 Å². The van der Waals surface area contributed by atoms with Crippen LogP contribution in [-0.4, -0.2) is 15.9 Å². The van der Waals surface area contributed by atoms with Gasteiger partial charge in [0.05, 0.1) is 26.4 Å². The fourth-order valence-electron chi connectivity index (χ4n) is 2.02. The van der Waals surface area contributed by atoms with Crippen molar-refractivity contribution in [2.24, 2.45) is 5.29 Å². The molecular weight excluding hydrogens is 381 g/mol. The van der Waals surface area contributed by atoms with Crippen LogP contribution in [0.4, 0.5) is 0 Å². The van der Waals surface area contributed by atoms with E-state index in [1.165, 1.54) is 16.4 Å². The number of hydrogen-bond donors (Lipinski definition) is 0. The van der Waals surface area contributed by atoms with E-state index in [-0.39, 0.29) is 5.02 Å². The van der Waals surface area contributed by atoms with Crippen molar-refractivity contribution in [3.05, 3.63) is 50.3 Å². The van der Waals surface area contributed by atoms with Crippen LogP contribution in [0.5, 0.6) is 11.5 Å². The van der Waals surface area contributed by atoms with Crippen molar-refractivity contribution < 1.29 is 4.74 Å². The first-order valence-electron chi connectivity index (χ1n) is 6.26. The minimum atomic E-state index is 0.287. The number of halogens is 3. The Bertz CT molecular complexity index is 914. The molecule has 23 heavy (non-hydrogen) atoms. The Labute approximate surface area is 150 Å². The topological polar surface area (TPSA) is 56.5 Å². The van der Waals surface area contributed by atoms with Crippen LogP contribution in [0.15, 0.2) is 40.8 Å². The highest BCUT2D eigenvalue weighted by molar-refractivity contribution is 7.98. The zero-order valence-electron chi connectivity index (χ0n) is 11.6. The maximum absolute atomic E-state index is 11.0. The van der Waals surface area contributed by atoms with Gasteiger partial charge in [0, 0.05) is 6.07 Å². The molecule has 0 saturated carbocycles. The van der Waals surface area contributed by atoms with E-state index >= 15 is 0 Å². The van der Waals surface area contributed by atoms with Crippen LogP contribution in [0.3, 0.4) is 0 Å². The molecule has 0 aliphatic heterocycles. The summed E-state index contributed by atoms with van der Waals surface area (Å²) in [7, 11) is 0. The highest BCUT2D eigenvalue weighted by atomic mass is 35.5. The van der Waals surface area contributed by atoms with Crippen LogP contribution in [0.1, 0.15) is 0 Å². The van der Waals surface area contributed by atoms with Crippen LogP contribution in [0.2, 0.25) is 15.1 Å². The van der Waals surface area contributed by atoms with Crippen LogP contribution < -0.4 is 4.74 Å². The van der Waals surface area contributed by atoms with Crippen LogP contribution in [0.25, 0.3) is 11.0 Å². The molecule has 3 rings (SSSR count). The Morgan fingerprint density at radius 3 is 2.65 bits per heavy atom. The number of aromatic nitrogens is 2. The van der Waals surface area contributed by atoms with Crippen molar-refractivity contribution in [1.82, 2.24) is 9.66 Å². The summed E-state index contributed by atoms with van der Waals surface area (Å²) < 4.78 is 6.91. The number of benzene rings is 2. The summed E-state index contributed by atoms with van der Waals surface area (Å²) in [5.41, 5.74) is 1.03. The second kappa shape index (κ2) is 6.57. The average molecular weight is 389 g/mol. The Morgan fingerprint density at radius 1 is 1.17 bits per heavy atom. The summed E-state index contributed by atoms with van der Waals surface area (Å²) in [5.74, 6) is 0.727. The molecule has 0 amide bonds. The van der Waals surface area contributed by atoms with Gasteiger partial charge < -0.3 is 4.74 Å². The Kier molecular flexibility index (Phi) is 4.68. The van der Waals surface area contributed by atoms with Crippen molar-refractivity contribution in [3.8, 4) is 11.5 Å². The summed E-state index contributed by atoms with van der Waals surface area (Å²) in [4.78, 5) is 15.3.